The zero-order valence-corrected chi connectivity index (χ0v) is 19.7. The molecule has 2 fully saturated rings. The van der Waals surface area contributed by atoms with Crippen molar-refractivity contribution < 1.29 is 14.9 Å². The number of benzene rings is 1. The van der Waals surface area contributed by atoms with Crippen molar-refractivity contribution in [3.8, 4) is 6.07 Å². The molecule has 178 valence electrons. The number of halogens is 1. The number of hydrogen-bond acceptors (Lipinski definition) is 10. The van der Waals surface area contributed by atoms with Gasteiger partial charge in [0, 0.05) is 23.2 Å². The van der Waals surface area contributed by atoms with Crippen molar-refractivity contribution in [1.29, 1.82) is 5.26 Å². The predicted octanol–water partition coefficient (Wildman–Crippen LogP) is 2.60. The third-order valence-corrected chi connectivity index (χ3v) is 7.57. The summed E-state index contributed by atoms with van der Waals surface area (Å²) >= 11 is 8.12. The average Bonchev–Trinajstić information content (AvgIpc) is 3.37. The van der Waals surface area contributed by atoms with Gasteiger partial charge in [-0.3, -0.25) is 4.57 Å². The number of thioether (sulfide) groups is 1. The highest BCUT2D eigenvalue weighted by Gasteiger charge is 2.44. The van der Waals surface area contributed by atoms with Crippen LogP contribution in [0.2, 0.25) is 5.28 Å². The van der Waals surface area contributed by atoms with Crippen LogP contribution in [0.1, 0.15) is 25.5 Å². The lowest BCUT2D eigenvalue weighted by Crippen LogP contribution is -2.39. The van der Waals surface area contributed by atoms with Crippen molar-refractivity contribution in [1.82, 2.24) is 24.5 Å². The summed E-state index contributed by atoms with van der Waals surface area (Å²) in [6.45, 7) is 1.67. The molecule has 2 saturated heterocycles. The first-order valence-electron chi connectivity index (χ1n) is 11.1. The summed E-state index contributed by atoms with van der Waals surface area (Å²) in [6.07, 6.45) is -0.696. The molecule has 4 atom stereocenters. The number of aromatic nitrogens is 4. The lowest BCUT2D eigenvalue weighted by Gasteiger charge is -2.32. The number of fused-ring (bicyclic) bond motifs is 1. The van der Waals surface area contributed by atoms with Gasteiger partial charge in [-0.25, -0.2) is 9.99 Å². The molecule has 1 aromatic carbocycles. The molecule has 2 aromatic heterocycles. The number of piperidine rings is 1. The summed E-state index contributed by atoms with van der Waals surface area (Å²) < 4.78 is 7.25. The molecule has 3 N–H and O–H groups in total. The average molecular weight is 502 g/mol. The van der Waals surface area contributed by atoms with E-state index in [0.29, 0.717) is 22.2 Å². The highest BCUT2D eigenvalue weighted by atomic mass is 35.5. The van der Waals surface area contributed by atoms with Gasteiger partial charge in [0.2, 0.25) is 5.28 Å². The van der Waals surface area contributed by atoms with Crippen LogP contribution in [0.3, 0.4) is 0 Å². The van der Waals surface area contributed by atoms with E-state index in [4.69, 9.17) is 21.6 Å². The van der Waals surface area contributed by atoms with Crippen molar-refractivity contribution >= 4 is 40.3 Å². The second-order valence-electron chi connectivity index (χ2n) is 8.30. The molecule has 12 heteroatoms. The number of aliphatic hydroxyl groups excluding tert-OH is 2. The Balaban J connectivity index is 1.30. The van der Waals surface area contributed by atoms with Crippen LogP contribution in [0.5, 0.6) is 0 Å². The van der Waals surface area contributed by atoms with E-state index in [1.807, 2.05) is 23.9 Å². The fraction of sp³-hybridized carbons (Fsp3) is 0.455. The number of nitrogens with one attached hydrogen (secondary N) is 1. The van der Waals surface area contributed by atoms with Gasteiger partial charge >= 0.3 is 0 Å². The molecule has 3 aromatic rings. The Morgan fingerprint density at radius 1 is 1.18 bits per heavy atom. The Kier molecular flexibility index (Phi) is 6.87. The number of ether oxygens (including phenoxy) is 1. The maximum Gasteiger partial charge on any atom is 0.226 e. The number of hydrogen-bond donors (Lipinski definition) is 3. The molecule has 10 nitrogen and oxygen atoms in total. The number of anilines is 1. The standard InChI is InChI=1S/C22H24ClN7O3S/c23-22-26-19(28-29-10-7-14(8-11-29)34-13-4-2-1-3-5-13)16-20(27-22)30(12-25-16)21-18(32)17(31)15(33-21)6-9-24/h1-5,12,14-15,17-18,21,31-32H,6-8,10-11H2,(H,26,27,28)/t15-,17-,18-,21-/m1/s1. The molecule has 0 spiro atoms. The largest absolute Gasteiger partial charge is 0.387 e. The number of nitrogens with zero attached hydrogens (tertiary/aromatic N) is 6. The van der Waals surface area contributed by atoms with Gasteiger partial charge in [-0.05, 0) is 36.6 Å². The van der Waals surface area contributed by atoms with E-state index in [0.717, 1.165) is 25.9 Å². The van der Waals surface area contributed by atoms with Crippen molar-refractivity contribution in [2.24, 2.45) is 0 Å². The third-order valence-electron chi connectivity index (χ3n) is 6.05. The summed E-state index contributed by atoms with van der Waals surface area (Å²) in [6, 6.07) is 12.4. The first-order valence-corrected chi connectivity index (χ1v) is 12.3. The summed E-state index contributed by atoms with van der Waals surface area (Å²) in [5, 5.41) is 32.3. The molecule has 0 unspecified atom stereocenters. The van der Waals surface area contributed by atoms with E-state index >= 15 is 0 Å². The Bertz CT molecular complexity index is 1180. The molecule has 2 aliphatic heterocycles. The van der Waals surface area contributed by atoms with Gasteiger partial charge in [0.15, 0.2) is 23.2 Å². The van der Waals surface area contributed by atoms with E-state index in [1.165, 1.54) is 15.8 Å². The van der Waals surface area contributed by atoms with Gasteiger partial charge in [-0.15, -0.1) is 11.8 Å². The number of hydrazine groups is 1. The molecule has 0 aliphatic carbocycles. The van der Waals surface area contributed by atoms with E-state index in [-0.39, 0.29) is 11.7 Å². The minimum atomic E-state index is -1.23. The minimum Gasteiger partial charge on any atom is -0.387 e. The third kappa shape index (κ3) is 4.70. The number of aliphatic hydroxyl groups is 2. The van der Waals surface area contributed by atoms with Gasteiger partial charge in [-0.2, -0.15) is 15.2 Å². The molecule has 2 aliphatic rings. The van der Waals surface area contributed by atoms with Crippen LogP contribution >= 0.6 is 23.4 Å². The number of rotatable bonds is 6. The van der Waals surface area contributed by atoms with Gasteiger partial charge in [0.1, 0.15) is 18.3 Å². The molecule has 0 amide bonds. The molecule has 0 saturated carbocycles. The van der Waals surface area contributed by atoms with E-state index in [9.17, 15) is 10.2 Å². The second-order valence-corrected chi connectivity index (χ2v) is 10.0. The quantitative estimate of drug-likeness (QED) is 0.433. The fourth-order valence-electron chi connectivity index (χ4n) is 4.30. The lowest BCUT2D eigenvalue weighted by molar-refractivity contribution is -0.0333. The molecule has 0 radical (unpaired) electrons. The number of nitriles is 1. The van der Waals surface area contributed by atoms with Gasteiger partial charge in [-0.1, -0.05) is 18.2 Å². The van der Waals surface area contributed by atoms with Crippen molar-refractivity contribution in [3.05, 3.63) is 41.9 Å². The van der Waals surface area contributed by atoms with E-state index in [2.05, 4.69) is 49.7 Å². The van der Waals surface area contributed by atoms with Gasteiger partial charge < -0.3 is 20.4 Å². The molecule has 0 bridgehead atoms. The monoisotopic (exact) mass is 501 g/mol. The van der Waals surface area contributed by atoms with Crippen LogP contribution in [0.4, 0.5) is 5.82 Å². The van der Waals surface area contributed by atoms with Crippen molar-refractivity contribution in [2.75, 3.05) is 18.5 Å². The SMILES string of the molecule is N#CC[C@H]1O[C@@H](n2cnc3c(NN4CCC(Sc5ccccc5)CC4)nc(Cl)nc32)[C@H](O)[C@@H]1O. The summed E-state index contributed by atoms with van der Waals surface area (Å²) in [4.78, 5) is 14.3. The van der Waals surface area contributed by atoms with Crippen LogP contribution in [0.15, 0.2) is 41.6 Å². The Morgan fingerprint density at radius 2 is 1.94 bits per heavy atom. The Hall–Kier alpha value is -2.46. The van der Waals surface area contributed by atoms with Crippen LogP contribution in [-0.2, 0) is 4.74 Å². The maximum absolute atomic E-state index is 10.5. The summed E-state index contributed by atoms with van der Waals surface area (Å²) in [5.74, 6) is 0.463. The van der Waals surface area contributed by atoms with Crippen LogP contribution in [-0.4, -0.2) is 71.4 Å². The molecule has 5 rings (SSSR count). The molecule has 34 heavy (non-hydrogen) atoms. The van der Waals surface area contributed by atoms with Crippen molar-refractivity contribution in [3.63, 3.8) is 0 Å². The van der Waals surface area contributed by atoms with Crippen LogP contribution in [0.25, 0.3) is 11.2 Å². The Labute approximate surface area is 205 Å². The smallest absolute Gasteiger partial charge is 0.226 e. The van der Waals surface area contributed by atoms with Crippen LogP contribution < -0.4 is 5.43 Å². The zero-order valence-electron chi connectivity index (χ0n) is 18.2. The maximum atomic E-state index is 10.5. The first kappa shape index (κ1) is 23.3. The number of imidazole rings is 1. The topological polar surface area (TPSA) is 132 Å². The predicted molar refractivity (Wildman–Crippen MR) is 127 cm³/mol. The molecule has 4 heterocycles. The van der Waals surface area contributed by atoms with E-state index in [1.54, 1.807) is 0 Å². The normalized spacial score (nSPS) is 26.1. The molecular formula is C22H24ClN7O3S. The zero-order chi connectivity index (χ0) is 23.7. The minimum absolute atomic E-state index is 0.0212. The Morgan fingerprint density at radius 3 is 2.68 bits per heavy atom. The summed E-state index contributed by atoms with van der Waals surface area (Å²) in [5.41, 5.74) is 4.16. The first-order chi connectivity index (χ1) is 16.5. The molecular weight excluding hydrogens is 478 g/mol. The van der Waals surface area contributed by atoms with Gasteiger partial charge in [0.25, 0.3) is 0 Å². The van der Waals surface area contributed by atoms with Crippen LogP contribution in [0, 0.1) is 11.3 Å². The van der Waals surface area contributed by atoms with Gasteiger partial charge in [0.05, 0.1) is 18.8 Å². The highest BCUT2D eigenvalue weighted by molar-refractivity contribution is 8.00. The lowest BCUT2D eigenvalue weighted by atomic mass is 10.1. The summed E-state index contributed by atoms with van der Waals surface area (Å²) in [7, 11) is 0. The fourth-order valence-corrected chi connectivity index (χ4v) is 5.61. The second kappa shape index (κ2) is 10.0. The van der Waals surface area contributed by atoms with E-state index < -0.39 is 24.5 Å². The van der Waals surface area contributed by atoms with Crippen molar-refractivity contribution in [2.45, 2.75) is 53.9 Å². The highest BCUT2D eigenvalue weighted by Crippen LogP contribution is 2.34.